The maximum atomic E-state index is 12.7. The van der Waals surface area contributed by atoms with Gasteiger partial charge in [0.05, 0.1) is 11.9 Å². The van der Waals surface area contributed by atoms with E-state index in [1.165, 1.54) is 11.3 Å². The Morgan fingerprint density at radius 3 is 2.95 bits per heavy atom. The van der Waals surface area contributed by atoms with Gasteiger partial charge in [-0.15, -0.1) is 16.4 Å². The predicted octanol–water partition coefficient (Wildman–Crippen LogP) is 2.29. The third kappa shape index (κ3) is 1.87. The highest BCUT2D eigenvalue weighted by atomic mass is 32.1. The van der Waals surface area contributed by atoms with Gasteiger partial charge < -0.3 is 10.6 Å². The van der Waals surface area contributed by atoms with Crippen LogP contribution in [0.3, 0.4) is 0 Å². The first kappa shape index (κ1) is 12.3. The fourth-order valence-corrected chi connectivity index (χ4v) is 3.63. The molecule has 0 unspecified atom stereocenters. The molecule has 2 aromatic rings. The lowest BCUT2D eigenvalue weighted by molar-refractivity contribution is 0.0658. The highest BCUT2D eigenvalue weighted by molar-refractivity contribution is 7.21. The zero-order valence-corrected chi connectivity index (χ0v) is 11.8. The van der Waals surface area contributed by atoms with Crippen molar-refractivity contribution in [2.75, 3.05) is 12.3 Å². The largest absolute Gasteiger partial charge is 0.397 e. The quantitative estimate of drug-likeness (QED) is 0.867. The predicted molar refractivity (Wildman–Crippen MR) is 76.2 cm³/mol. The zero-order chi connectivity index (χ0) is 13.6. The first-order valence-electron chi connectivity index (χ1n) is 6.32. The molecule has 100 valence electrons. The molecule has 1 saturated heterocycles. The molecule has 0 aliphatic carbocycles. The van der Waals surface area contributed by atoms with Crippen LogP contribution in [0.15, 0.2) is 12.3 Å². The van der Waals surface area contributed by atoms with Gasteiger partial charge in [-0.1, -0.05) is 0 Å². The topological polar surface area (TPSA) is 72.1 Å². The second-order valence-electron chi connectivity index (χ2n) is 5.47. The van der Waals surface area contributed by atoms with Gasteiger partial charge in [0.25, 0.3) is 5.91 Å². The molecule has 0 saturated carbocycles. The Morgan fingerprint density at radius 2 is 2.32 bits per heavy atom. The fraction of sp³-hybridized carbons (Fsp3) is 0.462. The van der Waals surface area contributed by atoms with Crippen molar-refractivity contribution in [3.63, 3.8) is 0 Å². The summed E-state index contributed by atoms with van der Waals surface area (Å²) in [7, 11) is 0. The lowest BCUT2D eigenvalue weighted by Gasteiger charge is -2.31. The molecule has 1 amide bonds. The number of nitrogens with two attached hydrogens (primary N) is 1. The number of fused-ring (bicyclic) bond motifs is 1. The van der Waals surface area contributed by atoms with E-state index in [1.54, 1.807) is 12.3 Å². The number of carbonyl (C=O) groups excluding carboxylic acids is 1. The molecule has 2 aromatic heterocycles. The fourth-order valence-electron chi connectivity index (χ4n) is 2.64. The monoisotopic (exact) mass is 276 g/mol. The van der Waals surface area contributed by atoms with Gasteiger partial charge >= 0.3 is 0 Å². The Morgan fingerprint density at radius 1 is 1.53 bits per heavy atom. The number of rotatable bonds is 1. The average Bonchev–Trinajstić information content (AvgIpc) is 2.90. The van der Waals surface area contributed by atoms with Crippen molar-refractivity contribution in [2.45, 2.75) is 32.2 Å². The smallest absolute Gasteiger partial charge is 0.266 e. The molecule has 2 N–H and O–H groups in total. The van der Waals surface area contributed by atoms with E-state index >= 15 is 0 Å². The zero-order valence-electron chi connectivity index (χ0n) is 11.0. The molecule has 0 bridgehead atoms. The van der Waals surface area contributed by atoms with E-state index < -0.39 is 0 Å². The van der Waals surface area contributed by atoms with Crippen LogP contribution in [0.5, 0.6) is 0 Å². The number of aromatic nitrogens is 2. The Hall–Kier alpha value is -1.69. The summed E-state index contributed by atoms with van der Waals surface area (Å²) >= 11 is 1.33. The van der Waals surface area contributed by atoms with Gasteiger partial charge in [-0.2, -0.15) is 5.10 Å². The summed E-state index contributed by atoms with van der Waals surface area (Å²) in [4.78, 5) is 15.9. The summed E-state index contributed by atoms with van der Waals surface area (Å²) in [5, 5.41) is 8.68. The van der Waals surface area contributed by atoms with Crippen molar-refractivity contribution < 1.29 is 4.79 Å². The highest BCUT2D eigenvalue weighted by Crippen LogP contribution is 2.36. The van der Waals surface area contributed by atoms with Crippen molar-refractivity contribution in [3.8, 4) is 0 Å². The van der Waals surface area contributed by atoms with E-state index in [1.807, 2.05) is 4.90 Å². The Kier molecular flexibility index (Phi) is 2.70. The van der Waals surface area contributed by atoms with E-state index in [0.29, 0.717) is 10.6 Å². The maximum absolute atomic E-state index is 12.7. The number of anilines is 1. The van der Waals surface area contributed by atoms with Crippen LogP contribution < -0.4 is 5.73 Å². The van der Waals surface area contributed by atoms with Gasteiger partial charge in [-0.05, 0) is 32.8 Å². The number of likely N-dealkylation sites (tertiary alicyclic amines) is 1. The van der Waals surface area contributed by atoms with Crippen LogP contribution in [-0.4, -0.2) is 33.1 Å². The number of hydrogen-bond acceptors (Lipinski definition) is 5. The minimum atomic E-state index is -0.0919. The van der Waals surface area contributed by atoms with Crippen LogP contribution in [0.2, 0.25) is 0 Å². The third-order valence-corrected chi connectivity index (χ3v) is 4.85. The van der Waals surface area contributed by atoms with Crippen molar-refractivity contribution in [3.05, 3.63) is 17.1 Å². The summed E-state index contributed by atoms with van der Waals surface area (Å²) in [5.74, 6) is 0.0167. The maximum Gasteiger partial charge on any atom is 0.266 e. The number of nitrogens with zero attached hydrogens (tertiary/aromatic N) is 3. The molecule has 5 nitrogen and oxygen atoms in total. The molecule has 0 aromatic carbocycles. The minimum Gasteiger partial charge on any atom is -0.397 e. The first-order valence-corrected chi connectivity index (χ1v) is 7.14. The van der Waals surface area contributed by atoms with Gasteiger partial charge in [-0.3, -0.25) is 4.79 Å². The first-order chi connectivity index (χ1) is 9.00. The molecule has 6 heteroatoms. The molecule has 1 fully saturated rings. The summed E-state index contributed by atoms with van der Waals surface area (Å²) < 4.78 is 0. The number of carbonyl (C=O) groups is 1. The molecule has 0 atom stereocenters. The second-order valence-corrected chi connectivity index (χ2v) is 6.47. The SMILES string of the molecule is CC1(C)CCCN1C(=O)c1sc2nnccc2c1N. The molecule has 0 radical (unpaired) electrons. The molecular weight excluding hydrogens is 260 g/mol. The van der Waals surface area contributed by atoms with E-state index in [-0.39, 0.29) is 11.4 Å². The van der Waals surface area contributed by atoms with Crippen molar-refractivity contribution in [1.82, 2.24) is 15.1 Å². The molecule has 0 spiro atoms. The van der Waals surface area contributed by atoms with Crippen molar-refractivity contribution in [2.24, 2.45) is 0 Å². The summed E-state index contributed by atoms with van der Waals surface area (Å²) in [5.41, 5.74) is 6.53. The van der Waals surface area contributed by atoms with Crippen LogP contribution in [-0.2, 0) is 0 Å². The van der Waals surface area contributed by atoms with Crippen molar-refractivity contribution >= 4 is 33.1 Å². The van der Waals surface area contributed by atoms with Gasteiger partial charge in [0, 0.05) is 17.5 Å². The second kappa shape index (κ2) is 4.16. The molecule has 1 aliphatic heterocycles. The Balaban J connectivity index is 2.05. The molecular formula is C13H16N4OS. The van der Waals surface area contributed by atoms with E-state index in [0.717, 1.165) is 29.6 Å². The Bertz CT molecular complexity index is 649. The Labute approximate surface area is 115 Å². The van der Waals surface area contributed by atoms with Crippen LogP contribution in [0, 0.1) is 0 Å². The van der Waals surface area contributed by atoms with Gasteiger partial charge in [0.15, 0.2) is 0 Å². The molecule has 1 aliphatic rings. The van der Waals surface area contributed by atoms with Gasteiger partial charge in [0.1, 0.15) is 9.71 Å². The van der Waals surface area contributed by atoms with Crippen molar-refractivity contribution in [1.29, 1.82) is 0 Å². The van der Waals surface area contributed by atoms with E-state index in [2.05, 4.69) is 24.0 Å². The molecule has 19 heavy (non-hydrogen) atoms. The van der Waals surface area contributed by atoms with Crippen LogP contribution in [0.1, 0.15) is 36.4 Å². The standard InChI is InChI=1S/C13H16N4OS/c1-13(2)5-3-7-17(13)12(18)10-9(14)8-4-6-15-16-11(8)19-10/h4,6H,3,5,7,14H2,1-2H3. The van der Waals surface area contributed by atoms with Crippen LogP contribution >= 0.6 is 11.3 Å². The van der Waals surface area contributed by atoms with Crippen LogP contribution in [0.4, 0.5) is 5.69 Å². The minimum absolute atomic E-state index is 0.0167. The van der Waals surface area contributed by atoms with Crippen LogP contribution in [0.25, 0.3) is 10.2 Å². The number of thiophene rings is 1. The normalized spacial score (nSPS) is 18.1. The average molecular weight is 276 g/mol. The number of nitrogen functional groups attached to an aromatic ring is 1. The van der Waals surface area contributed by atoms with Gasteiger partial charge in [-0.25, -0.2) is 0 Å². The highest BCUT2D eigenvalue weighted by Gasteiger charge is 2.37. The lowest BCUT2D eigenvalue weighted by Crippen LogP contribution is -2.42. The molecule has 3 heterocycles. The number of hydrogen-bond donors (Lipinski definition) is 1. The third-order valence-electron chi connectivity index (χ3n) is 3.76. The van der Waals surface area contributed by atoms with Gasteiger partial charge in [0.2, 0.25) is 0 Å². The molecule has 3 rings (SSSR count). The summed E-state index contributed by atoms with van der Waals surface area (Å²) in [6.45, 7) is 4.99. The number of amides is 1. The van der Waals surface area contributed by atoms with E-state index in [4.69, 9.17) is 5.73 Å². The summed E-state index contributed by atoms with van der Waals surface area (Å²) in [6.07, 6.45) is 3.67. The summed E-state index contributed by atoms with van der Waals surface area (Å²) in [6, 6.07) is 1.81. The van der Waals surface area contributed by atoms with E-state index in [9.17, 15) is 4.79 Å². The lowest BCUT2D eigenvalue weighted by atomic mass is 10.0.